The summed E-state index contributed by atoms with van der Waals surface area (Å²) in [5, 5.41) is 0. The summed E-state index contributed by atoms with van der Waals surface area (Å²) >= 11 is 1.24. The zero-order valence-corrected chi connectivity index (χ0v) is 12.0. The predicted octanol–water partition coefficient (Wildman–Crippen LogP) is 2.20. The average Bonchev–Trinajstić information content (AvgIpc) is 3.08. The van der Waals surface area contributed by atoms with E-state index in [1.165, 1.54) is 17.5 Å². The largest absolute Gasteiger partial charge is 0.462 e. The Morgan fingerprint density at radius 1 is 1.38 bits per heavy atom. The van der Waals surface area contributed by atoms with Gasteiger partial charge in [-0.25, -0.2) is 9.78 Å². The molecule has 0 amide bonds. The number of fused-ring (bicyclic) bond motifs is 1. The summed E-state index contributed by atoms with van der Waals surface area (Å²) in [7, 11) is 0. The van der Waals surface area contributed by atoms with Crippen LogP contribution in [-0.4, -0.2) is 32.7 Å². The van der Waals surface area contributed by atoms with Crippen LogP contribution in [0.3, 0.4) is 0 Å². The van der Waals surface area contributed by atoms with Gasteiger partial charge in [0.1, 0.15) is 9.71 Å². The fourth-order valence-electron chi connectivity index (χ4n) is 1.89. The Kier molecular flexibility index (Phi) is 3.49. The highest BCUT2D eigenvalue weighted by Gasteiger charge is 2.19. The van der Waals surface area contributed by atoms with Gasteiger partial charge in [-0.1, -0.05) is 0 Å². The summed E-state index contributed by atoms with van der Waals surface area (Å²) < 4.78 is 6.56. The number of carbonyl (C=O) groups excluding carboxylic acids is 2. The molecule has 3 aromatic heterocycles. The normalized spacial score (nSPS) is 10.7. The Morgan fingerprint density at radius 3 is 2.95 bits per heavy atom. The van der Waals surface area contributed by atoms with Crippen LogP contribution >= 0.6 is 11.3 Å². The smallest absolute Gasteiger partial charge is 0.349 e. The minimum atomic E-state index is -0.397. The van der Waals surface area contributed by atoms with E-state index in [1.807, 2.05) is 0 Å². The number of esters is 1. The number of pyridine rings is 1. The van der Waals surface area contributed by atoms with Crippen molar-refractivity contribution < 1.29 is 14.3 Å². The van der Waals surface area contributed by atoms with Crippen molar-refractivity contribution in [3.8, 4) is 0 Å². The number of hydrogen-bond donors (Lipinski definition) is 0. The van der Waals surface area contributed by atoms with Crippen molar-refractivity contribution in [3.63, 3.8) is 0 Å². The van der Waals surface area contributed by atoms with E-state index in [1.54, 1.807) is 42.0 Å². The van der Waals surface area contributed by atoms with Crippen LogP contribution in [0.5, 0.6) is 0 Å². The van der Waals surface area contributed by atoms with E-state index >= 15 is 0 Å². The van der Waals surface area contributed by atoms with Crippen molar-refractivity contribution in [2.75, 3.05) is 6.61 Å². The molecule has 0 atom stereocenters. The second kappa shape index (κ2) is 5.45. The molecular formula is C14H11N3O3S. The maximum atomic E-state index is 12.4. The maximum Gasteiger partial charge on any atom is 0.349 e. The lowest BCUT2D eigenvalue weighted by Crippen LogP contribution is -2.07. The molecule has 0 aliphatic heterocycles. The summed E-state index contributed by atoms with van der Waals surface area (Å²) in [6.45, 7) is 2.06. The Labute approximate surface area is 124 Å². The first-order valence-electron chi connectivity index (χ1n) is 6.29. The summed E-state index contributed by atoms with van der Waals surface area (Å²) in [5.74, 6) is -0.382. The monoisotopic (exact) mass is 301 g/mol. The highest BCUT2D eigenvalue weighted by atomic mass is 32.1. The van der Waals surface area contributed by atoms with Crippen LogP contribution in [0.4, 0.5) is 0 Å². The van der Waals surface area contributed by atoms with Crippen molar-refractivity contribution in [2.45, 2.75) is 6.92 Å². The van der Waals surface area contributed by atoms with Gasteiger partial charge in [-0.15, -0.1) is 11.3 Å². The molecule has 3 rings (SSSR count). The highest BCUT2D eigenvalue weighted by molar-refractivity contribution is 7.19. The molecule has 0 bridgehead atoms. The Morgan fingerprint density at radius 2 is 2.24 bits per heavy atom. The Bertz CT molecular complexity index is 807. The van der Waals surface area contributed by atoms with Crippen molar-refractivity contribution >= 4 is 27.9 Å². The molecule has 0 aromatic carbocycles. The van der Waals surface area contributed by atoms with Crippen molar-refractivity contribution in [2.24, 2.45) is 0 Å². The van der Waals surface area contributed by atoms with E-state index in [0.29, 0.717) is 21.9 Å². The standard InChI is InChI=1S/C14H11N3O3S/c1-2-20-14(19)10-8-17-11(21-10)7-16-13(17)12(18)9-4-3-5-15-6-9/h3-8H,2H2,1H3. The van der Waals surface area contributed by atoms with E-state index in [2.05, 4.69) is 9.97 Å². The number of hydrogen-bond acceptors (Lipinski definition) is 6. The number of nitrogens with zero attached hydrogens (tertiary/aromatic N) is 3. The van der Waals surface area contributed by atoms with Crippen LogP contribution in [-0.2, 0) is 4.74 Å². The first kappa shape index (κ1) is 13.4. The van der Waals surface area contributed by atoms with Crippen LogP contribution in [0, 0.1) is 0 Å². The molecule has 3 heterocycles. The molecular weight excluding hydrogens is 290 g/mol. The van der Waals surface area contributed by atoms with E-state index in [4.69, 9.17) is 4.74 Å². The van der Waals surface area contributed by atoms with Crippen LogP contribution in [0.25, 0.3) is 4.83 Å². The van der Waals surface area contributed by atoms with Crippen molar-refractivity contribution in [1.82, 2.24) is 14.4 Å². The first-order chi connectivity index (χ1) is 10.2. The SMILES string of the molecule is CCOC(=O)c1cn2c(C(=O)c3cccnc3)ncc2s1. The zero-order chi connectivity index (χ0) is 14.8. The number of ether oxygens (including phenoxy) is 1. The van der Waals surface area contributed by atoms with E-state index < -0.39 is 5.97 Å². The number of aromatic nitrogens is 3. The lowest BCUT2D eigenvalue weighted by atomic mass is 10.2. The van der Waals surface area contributed by atoms with Gasteiger partial charge in [-0.2, -0.15) is 0 Å². The van der Waals surface area contributed by atoms with Gasteiger partial charge in [0.05, 0.1) is 12.8 Å². The van der Waals surface area contributed by atoms with Crippen molar-refractivity contribution in [1.29, 1.82) is 0 Å². The van der Waals surface area contributed by atoms with Gasteiger partial charge in [0.15, 0.2) is 5.82 Å². The third kappa shape index (κ3) is 2.43. The van der Waals surface area contributed by atoms with Gasteiger partial charge in [0.2, 0.25) is 5.78 Å². The summed E-state index contributed by atoms with van der Waals surface area (Å²) in [6.07, 6.45) is 6.23. The van der Waals surface area contributed by atoms with Gasteiger partial charge in [0, 0.05) is 24.2 Å². The molecule has 106 valence electrons. The van der Waals surface area contributed by atoms with Crippen LogP contribution in [0.15, 0.2) is 36.9 Å². The topological polar surface area (TPSA) is 73.6 Å². The lowest BCUT2D eigenvalue weighted by Gasteiger charge is -1.98. The van der Waals surface area contributed by atoms with Crippen molar-refractivity contribution in [3.05, 3.63) is 53.2 Å². The molecule has 0 saturated carbocycles. The molecule has 0 saturated heterocycles. The lowest BCUT2D eigenvalue weighted by molar-refractivity contribution is 0.0531. The van der Waals surface area contributed by atoms with Crippen LogP contribution in [0.2, 0.25) is 0 Å². The second-order valence-corrected chi connectivity index (χ2v) is 5.24. The predicted molar refractivity (Wildman–Crippen MR) is 76.7 cm³/mol. The summed E-state index contributed by atoms with van der Waals surface area (Å²) in [4.78, 5) is 33.3. The molecule has 0 fully saturated rings. The van der Waals surface area contributed by atoms with Gasteiger partial charge < -0.3 is 4.74 Å². The highest BCUT2D eigenvalue weighted by Crippen LogP contribution is 2.21. The Balaban J connectivity index is 2.00. The molecule has 7 heteroatoms. The molecule has 21 heavy (non-hydrogen) atoms. The fourth-order valence-corrected chi connectivity index (χ4v) is 2.76. The minimum Gasteiger partial charge on any atom is -0.462 e. The van der Waals surface area contributed by atoms with Gasteiger partial charge in [-0.3, -0.25) is 14.2 Å². The average molecular weight is 301 g/mol. The summed E-state index contributed by atoms with van der Waals surface area (Å²) in [6, 6.07) is 3.37. The van der Waals surface area contributed by atoms with Crippen LogP contribution in [0.1, 0.15) is 32.8 Å². The maximum absolute atomic E-state index is 12.4. The molecule has 3 aromatic rings. The first-order valence-corrected chi connectivity index (χ1v) is 7.11. The van der Waals surface area contributed by atoms with E-state index in [0.717, 1.165) is 0 Å². The number of rotatable bonds is 4. The van der Waals surface area contributed by atoms with E-state index in [9.17, 15) is 9.59 Å². The molecule has 6 nitrogen and oxygen atoms in total. The second-order valence-electron chi connectivity index (χ2n) is 4.18. The van der Waals surface area contributed by atoms with Gasteiger partial charge >= 0.3 is 5.97 Å². The Hall–Kier alpha value is -2.54. The molecule has 0 spiro atoms. The quantitative estimate of drug-likeness (QED) is 0.545. The third-order valence-electron chi connectivity index (χ3n) is 2.83. The number of carbonyl (C=O) groups is 2. The number of thiazole rings is 1. The third-order valence-corrected chi connectivity index (χ3v) is 3.83. The molecule has 0 aliphatic rings. The summed E-state index contributed by atoms with van der Waals surface area (Å²) in [5.41, 5.74) is 0.453. The molecule has 0 radical (unpaired) electrons. The van der Waals surface area contributed by atoms with Gasteiger partial charge in [-0.05, 0) is 19.1 Å². The van der Waals surface area contributed by atoms with E-state index in [-0.39, 0.29) is 11.6 Å². The number of imidazole rings is 1. The van der Waals surface area contributed by atoms with Crippen LogP contribution < -0.4 is 0 Å². The minimum absolute atomic E-state index is 0.240. The number of ketones is 1. The van der Waals surface area contributed by atoms with Gasteiger partial charge in [0.25, 0.3) is 0 Å². The molecule has 0 aliphatic carbocycles. The zero-order valence-electron chi connectivity index (χ0n) is 11.1. The molecule has 0 unspecified atom stereocenters. The molecule has 0 N–H and O–H groups in total. The fraction of sp³-hybridized carbons (Fsp3) is 0.143.